The Morgan fingerprint density at radius 1 is 1.44 bits per heavy atom. The summed E-state index contributed by atoms with van der Waals surface area (Å²) in [5, 5.41) is 0.758. The Balaban J connectivity index is 2.67. The summed E-state index contributed by atoms with van der Waals surface area (Å²) in [6.45, 7) is 1.93. The zero-order chi connectivity index (χ0) is 12.0. The standard InChI is InChI=1S/C12H18ClNOS/c1-14(6-7-16-3)9-10-8-11(13)4-5-12(10)15-2/h4-5,8H,6-7,9H2,1-3H3. The van der Waals surface area contributed by atoms with Gasteiger partial charge in [0, 0.05) is 29.4 Å². The van der Waals surface area contributed by atoms with E-state index in [0.29, 0.717) is 0 Å². The summed E-state index contributed by atoms with van der Waals surface area (Å²) in [5.74, 6) is 2.04. The quantitative estimate of drug-likeness (QED) is 0.779. The van der Waals surface area contributed by atoms with E-state index in [2.05, 4.69) is 18.2 Å². The minimum absolute atomic E-state index is 0.758. The first-order valence-electron chi connectivity index (χ1n) is 5.17. The van der Waals surface area contributed by atoms with Crippen LogP contribution < -0.4 is 4.74 Å². The maximum Gasteiger partial charge on any atom is 0.123 e. The summed E-state index contributed by atoms with van der Waals surface area (Å²) in [4.78, 5) is 2.27. The van der Waals surface area contributed by atoms with Gasteiger partial charge < -0.3 is 9.64 Å². The molecule has 90 valence electrons. The first-order chi connectivity index (χ1) is 7.67. The van der Waals surface area contributed by atoms with Crippen LogP contribution in [0.4, 0.5) is 0 Å². The molecule has 2 nitrogen and oxygen atoms in total. The first-order valence-corrected chi connectivity index (χ1v) is 6.94. The minimum atomic E-state index is 0.758. The number of halogens is 1. The second-order valence-corrected chi connectivity index (χ2v) is 5.11. The van der Waals surface area contributed by atoms with E-state index in [0.717, 1.165) is 35.2 Å². The minimum Gasteiger partial charge on any atom is -0.496 e. The predicted octanol–water partition coefficient (Wildman–Crippen LogP) is 3.14. The van der Waals surface area contributed by atoms with Crippen LogP contribution in [0, 0.1) is 0 Å². The van der Waals surface area contributed by atoms with Gasteiger partial charge in [0.2, 0.25) is 0 Å². The fourth-order valence-electron chi connectivity index (χ4n) is 1.49. The molecule has 0 fully saturated rings. The van der Waals surface area contributed by atoms with Crippen LogP contribution in [0.25, 0.3) is 0 Å². The summed E-state index contributed by atoms with van der Waals surface area (Å²) in [7, 11) is 3.80. The van der Waals surface area contributed by atoms with Gasteiger partial charge in [-0.2, -0.15) is 11.8 Å². The van der Waals surface area contributed by atoms with E-state index >= 15 is 0 Å². The molecule has 1 aromatic rings. The molecule has 0 amide bonds. The van der Waals surface area contributed by atoms with Crippen LogP contribution in [0.3, 0.4) is 0 Å². The lowest BCUT2D eigenvalue weighted by atomic mass is 10.2. The highest BCUT2D eigenvalue weighted by molar-refractivity contribution is 7.98. The van der Waals surface area contributed by atoms with Gasteiger partial charge in [-0.05, 0) is 31.5 Å². The molecule has 1 rings (SSSR count). The lowest BCUT2D eigenvalue weighted by molar-refractivity contribution is 0.335. The van der Waals surface area contributed by atoms with Crippen molar-refractivity contribution in [3.63, 3.8) is 0 Å². The van der Waals surface area contributed by atoms with Crippen LogP contribution in [0.1, 0.15) is 5.56 Å². The van der Waals surface area contributed by atoms with E-state index in [1.165, 1.54) is 0 Å². The second kappa shape index (κ2) is 7.05. The van der Waals surface area contributed by atoms with Gasteiger partial charge in [-0.3, -0.25) is 0 Å². The SMILES string of the molecule is COc1ccc(Cl)cc1CN(C)CCSC. The Kier molecular flexibility index (Phi) is 6.03. The van der Waals surface area contributed by atoms with Crippen molar-refractivity contribution in [2.45, 2.75) is 6.54 Å². The summed E-state index contributed by atoms with van der Waals surface area (Å²) in [6, 6.07) is 5.74. The van der Waals surface area contributed by atoms with Gasteiger partial charge in [-0.25, -0.2) is 0 Å². The van der Waals surface area contributed by atoms with Crippen LogP contribution in [0.15, 0.2) is 18.2 Å². The van der Waals surface area contributed by atoms with Gasteiger partial charge in [0.1, 0.15) is 5.75 Å². The first kappa shape index (κ1) is 13.7. The average molecular weight is 260 g/mol. The van der Waals surface area contributed by atoms with Crippen molar-refractivity contribution in [3.8, 4) is 5.75 Å². The zero-order valence-electron chi connectivity index (χ0n) is 10.00. The lowest BCUT2D eigenvalue weighted by Gasteiger charge is -2.18. The second-order valence-electron chi connectivity index (χ2n) is 3.69. The highest BCUT2D eigenvalue weighted by Gasteiger charge is 2.06. The molecule has 0 saturated carbocycles. The molecule has 1 aromatic carbocycles. The zero-order valence-corrected chi connectivity index (χ0v) is 11.6. The topological polar surface area (TPSA) is 12.5 Å². The highest BCUT2D eigenvalue weighted by Crippen LogP contribution is 2.23. The Hall–Kier alpha value is -0.380. The van der Waals surface area contributed by atoms with Crippen LogP contribution in [0.5, 0.6) is 5.75 Å². The van der Waals surface area contributed by atoms with Crippen molar-refractivity contribution in [1.29, 1.82) is 0 Å². The fraction of sp³-hybridized carbons (Fsp3) is 0.500. The maximum absolute atomic E-state index is 5.98. The molecule has 0 atom stereocenters. The number of nitrogens with zero attached hydrogens (tertiary/aromatic N) is 1. The van der Waals surface area contributed by atoms with Crippen molar-refractivity contribution in [1.82, 2.24) is 4.90 Å². The van der Waals surface area contributed by atoms with Crippen molar-refractivity contribution in [2.75, 3.05) is 32.7 Å². The number of methoxy groups -OCH3 is 1. The number of benzene rings is 1. The molecule has 0 heterocycles. The Labute approximate surface area is 107 Å². The summed E-state index contributed by atoms with van der Waals surface area (Å²) in [5.41, 5.74) is 1.14. The van der Waals surface area contributed by atoms with Gasteiger partial charge in [-0.15, -0.1) is 0 Å². The van der Waals surface area contributed by atoms with E-state index in [9.17, 15) is 0 Å². The van der Waals surface area contributed by atoms with E-state index in [-0.39, 0.29) is 0 Å². The van der Waals surface area contributed by atoms with E-state index in [4.69, 9.17) is 16.3 Å². The molecule has 0 N–H and O–H groups in total. The summed E-state index contributed by atoms with van der Waals surface area (Å²) in [6.07, 6.45) is 2.12. The maximum atomic E-state index is 5.98. The van der Waals surface area contributed by atoms with Crippen molar-refractivity contribution in [2.24, 2.45) is 0 Å². The van der Waals surface area contributed by atoms with Crippen LogP contribution in [0.2, 0.25) is 5.02 Å². The number of rotatable bonds is 6. The molecule has 0 bridgehead atoms. The largest absolute Gasteiger partial charge is 0.496 e. The monoisotopic (exact) mass is 259 g/mol. The smallest absolute Gasteiger partial charge is 0.123 e. The molecular weight excluding hydrogens is 242 g/mol. The summed E-state index contributed by atoms with van der Waals surface area (Å²) >= 11 is 7.84. The summed E-state index contributed by atoms with van der Waals surface area (Å²) < 4.78 is 5.32. The molecule has 0 radical (unpaired) electrons. The lowest BCUT2D eigenvalue weighted by Crippen LogP contribution is -2.20. The van der Waals surface area contributed by atoms with E-state index < -0.39 is 0 Å². The van der Waals surface area contributed by atoms with Gasteiger partial charge >= 0.3 is 0 Å². The molecule has 16 heavy (non-hydrogen) atoms. The Morgan fingerprint density at radius 2 is 2.19 bits per heavy atom. The van der Waals surface area contributed by atoms with Crippen molar-refractivity contribution < 1.29 is 4.74 Å². The molecule has 0 unspecified atom stereocenters. The Morgan fingerprint density at radius 3 is 2.81 bits per heavy atom. The molecule has 0 spiro atoms. The third-order valence-electron chi connectivity index (χ3n) is 2.36. The number of ether oxygens (including phenoxy) is 1. The van der Waals surface area contributed by atoms with Gasteiger partial charge in [0.25, 0.3) is 0 Å². The molecule has 0 aliphatic heterocycles. The van der Waals surface area contributed by atoms with Gasteiger partial charge in [0.15, 0.2) is 0 Å². The van der Waals surface area contributed by atoms with E-state index in [1.807, 2.05) is 30.0 Å². The van der Waals surface area contributed by atoms with Gasteiger partial charge in [0.05, 0.1) is 7.11 Å². The molecule has 0 aliphatic carbocycles. The number of hydrogen-bond donors (Lipinski definition) is 0. The number of hydrogen-bond acceptors (Lipinski definition) is 3. The van der Waals surface area contributed by atoms with Crippen molar-refractivity contribution >= 4 is 23.4 Å². The van der Waals surface area contributed by atoms with Gasteiger partial charge in [-0.1, -0.05) is 11.6 Å². The third kappa shape index (κ3) is 4.24. The molecule has 4 heteroatoms. The van der Waals surface area contributed by atoms with Crippen LogP contribution in [-0.4, -0.2) is 37.6 Å². The normalized spacial score (nSPS) is 10.8. The van der Waals surface area contributed by atoms with Crippen LogP contribution >= 0.6 is 23.4 Å². The fourth-order valence-corrected chi connectivity index (χ4v) is 2.18. The molecule has 0 aromatic heterocycles. The van der Waals surface area contributed by atoms with E-state index in [1.54, 1.807) is 7.11 Å². The predicted molar refractivity (Wildman–Crippen MR) is 72.7 cm³/mol. The average Bonchev–Trinajstić information content (AvgIpc) is 2.27. The highest BCUT2D eigenvalue weighted by atomic mass is 35.5. The molecule has 0 aliphatic rings. The molecule has 0 saturated heterocycles. The Bertz CT molecular complexity index is 333. The van der Waals surface area contributed by atoms with Crippen LogP contribution in [-0.2, 0) is 6.54 Å². The van der Waals surface area contributed by atoms with Crippen molar-refractivity contribution in [3.05, 3.63) is 28.8 Å². The molecular formula is C12H18ClNOS. The number of thioether (sulfide) groups is 1. The third-order valence-corrected chi connectivity index (χ3v) is 3.19.